The third-order valence-corrected chi connectivity index (χ3v) is 4.66. The van der Waals surface area contributed by atoms with Gasteiger partial charge >= 0.3 is 0 Å². The van der Waals surface area contributed by atoms with Gasteiger partial charge in [0.1, 0.15) is 0 Å². The molecule has 110 valence electrons. The second-order valence-electron chi connectivity index (χ2n) is 6.88. The second-order valence-corrected chi connectivity index (χ2v) is 6.88. The van der Waals surface area contributed by atoms with E-state index in [-0.39, 0.29) is 17.4 Å². The van der Waals surface area contributed by atoms with Gasteiger partial charge in [-0.1, -0.05) is 13.8 Å². The number of nitrogens with zero attached hydrogens (tertiary/aromatic N) is 1. The number of amides is 1. The van der Waals surface area contributed by atoms with Crippen molar-refractivity contribution in [2.45, 2.75) is 71.1 Å². The maximum atomic E-state index is 12.3. The highest BCUT2D eigenvalue weighted by atomic mass is 16.5. The van der Waals surface area contributed by atoms with Crippen molar-refractivity contribution in [3.05, 3.63) is 0 Å². The van der Waals surface area contributed by atoms with Gasteiger partial charge in [-0.15, -0.1) is 0 Å². The van der Waals surface area contributed by atoms with Crippen molar-refractivity contribution in [3.63, 3.8) is 0 Å². The summed E-state index contributed by atoms with van der Waals surface area (Å²) >= 11 is 0. The maximum absolute atomic E-state index is 12.3. The van der Waals surface area contributed by atoms with Gasteiger partial charge < -0.3 is 15.4 Å². The Morgan fingerprint density at radius 2 is 2.11 bits per heavy atom. The van der Waals surface area contributed by atoms with E-state index in [1.165, 1.54) is 0 Å². The van der Waals surface area contributed by atoms with Gasteiger partial charge in [-0.25, -0.2) is 0 Å². The summed E-state index contributed by atoms with van der Waals surface area (Å²) in [4.78, 5) is 14.2. The molecular formula is C15H28N2O2. The van der Waals surface area contributed by atoms with Gasteiger partial charge in [0, 0.05) is 25.6 Å². The molecule has 2 heterocycles. The Morgan fingerprint density at radius 3 is 2.68 bits per heavy atom. The van der Waals surface area contributed by atoms with Crippen LogP contribution in [0.1, 0.15) is 52.9 Å². The molecule has 0 aliphatic carbocycles. The number of carbonyl (C=O) groups excluding carboxylic acids is 1. The number of carbonyl (C=O) groups is 1. The molecule has 3 unspecified atom stereocenters. The molecule has 0 radical (unpaired) electrons. The summed E-state index contributed by atoms with van der Waals surface area (Å²) in [7, 11) is 0. The fourth-order valence-corrected chi connectivity index (χ4v) is 3.13. The molecule has 1 amide bonds. The van der Waals surface area contributed by atoms with Crippen molar-refractivity contribution in [2.75, 3.05) is 13.1 Å². The summed E-state index contributed by atoms with van der Waals surface area (Å²) in [6.45, 7) is 8.01. The van der Waals surface area contributed by atoms with Crippen LogP contribution in [0.15, 0.2) is 0 Å². The summed E-state index contributed by atoms with van der Waals surface area (Å²) in [6, 6.07) is 0.204. The third kappa shape index (κ3) is 3.69. The van der Waals surface area contributed by atoms with Crippen molar-refractivity contribution < 1.29 is 9.53 Å². The van der Waals surface area contributed by atoms with Crippen molar-refractivity contribution in [2.24, 2.45) is 11.1 Å². The molecule has 19 heavy (non-hydrogen) atoms. The lowest BCUT2D eigenvalue weighted by Crippen LogP contribution is -2.54. The van der Waals surface area contributed by atoms with Gasteiger partial charge in [0.2, 0.25) is 5.91 Å². The van der Waals surface area contributed by atoms with Crippen LogP contribution in [0.3, 0.4) is 0 Å². The zero-order chi connectivity index (χ0) is 14.0. The minimum absolute atomic E-state index is 0.0340. The fourth-order valence-electron chi connectivity index (χ4n) is 3.13. The first-order valence-electron chi connectivity index (χ1n) is 7.57. The van der Waals surface area contributed by atoms with Crippen LogP contribution in [0.2, 0.25) is 0 Å². The highest BCUT2D eigenvalue weighted by molar-refractivity contribution is 5.76. The van der Waals surface area contributed by atoms with E-state index in [0.29, 0.717) is 18.6 Å². The van der Waals surface area contributed by atoms with Crippen molar-refractivity contribution in [1.29, 1.82) is 0 Å². The van der Waals surface area contributed by atoms with Gasteiger partial charge in [-0.2, -0.15) is 0 Å². The number of nitrogens with two attached hydrogens (primary N) is 1. The average molecular weight is 268 g/mol. The van der Waals surface area contributed by atoms with Crippen LogP contribution in [0.5, 0.6) is 0 Å². The molecule has 0 aromatic carbocycles. The summed E-state index contributed by atoms with van der Waals surface area (Å²) < 4.78 is 5.77. The normalized spacial score (nSPS) is 34.5. The molecule has 2 saturated heterocycles. The van der Waals surface area contributed by atoms with Gasteiger partial charge in [0.25, 0.3) is 0 Å². The molecular weight excluding hydrogens is 240 g/mol. The molecule has 0 aromatic rings. The van der Waals surface area contributed by atoms with E-state index in [9.17, 15) is 4.79 Å². The summed E-state index contributed by atoms with van der Waals surface area (Å²) in [5.41, 5.74) is 6.14. The van der Waals surface area contributed by atoms with Crippen molar-refractivity contribution >= 4 is 5.91 Å². The Kier molecular flexibility index (Phi) is 4.51. The number of piperidine rings is 1. The second kappa shape index (κ2) is 5.80. The Labute approximate surface area is 116 Å². The van der Waals surface area contributed by atoms with Crippen LogP contribution < -0.4 is 5.73 Å². The summed E-state index contributed by atoms with van der Waals surface area (Å²) in [5, 5.41) is 0. The molecule has 3 atom stereocenters. The monoisotopic (exact) mass is 268 g/mol. The van der Waals surface area contributed by atoms with Crippen molar-refractivity contribution in [1.82, 2.24) is 4.90 Å². The predicted octanol–water partition coefficient (Wildman–Crippen LogP) is 1.92. The zero-order valence-corrected chi connectivity index (χ0v) is 12.5. The van der Waals surface area contributed by atoms with E-state index in [4.69, 9.17) is 10.5 Å². The van der Waals surface area contributed by atoms with Crippen LogP contribution >= 0.6 is 0 Å². The lowest BCUT2D eigenvalue weighted by molar-refractivity contribution is -0.135. The van der Waals surface area contributed by atoms with Gasteiger partial charge in [-0.3, -0.25) is 4.79 Å². The summed E-state index contributed by atoms with van der Waals surface area (Å²) in [6.07, 6.45) is 5.28. The topological polar surface area (TPSA) is 55.6 Å². The Bertz CT molecular complexity index is 330. The third-order valence-electron chi connectivity index (χ3n) is 4.66. The van der Waals surface area contributed by atoms with Gasteiger partial charge in [0.15, 0.2) is 0 Å². The van der Waals surface area contributed by atoms with E-state index in [0.717, 1.165) is 38.8 Å². The van der Waals surface area contributed by atoms with Crippen LogP contribution in [0.4, 0.5) is 0 Å². The number of rotatable bonds is 3. The largest absolute Gasteiger partial charge is 0.375 e. The Balaban J connectivity index is 1.77. The maximum Gasteiger partial charge on any atom is 0.222 e. The molecule has 2 aliphatic rings. The zero-order valence-electron chi connectivity index (χ0n) is 12.5. The summed E-state index contributed by atoms with van der Waals surface area (Å²) in [5.74, 6) is 0.267. The van der Waals surface area contributed by atoms with E-state index in [1.54, 1.807) is 0 Å². The first-order valence-corrected chi connectivity index (χ1v) is 7.57. The highest BCUT2D eigenvalue weighted by Gasteiger charge is 2.35. The predicted molar refractivity (Wildman–Crippen MR) is 75.8 cm³/mol. The molecule has 2 rings (SSSR count). The molecule has 0 saturated carbocycles. The molecule has 0 aromatic heterocycles. The van der Waals surface area contributed by atoms with Gasteiger partial charge in [0.05, 0.1) is 12.2 Å². The average Bonchev–Trinajstić information content (AvgIpc) is 2.75. The van der Waals surface area contributed by atoms with E-state index in [2.05, 4.69) is 20.8 Å². The van der Waals surface area contributed by atoms with Crippen LogP contribution in [0.25, 0.3) is 0 Å². The van der Waals surface area contributed by atoms with E-state index < -0.39 is 0 Å². The first-order chi connectivity index (χ1) is 8.88. The smallest absolute Gasteiger partial charge is 0.222 e. The Hall–Kier alpha value is -0.610. The minimum Gasteiger partial charge on any atom is -0.375 e. The molecule has 4 nitrogen and oxygen atoms in total. The number of hydrogen-bond donors (Lipinski definition) is 1. The SMILES string of the molecule is CC1CCC(CCC(=O)N2CCC(N)C(C)(C)C2)O1. The van der Waals surface area contributed by atoms with E-state index >= 15 is 0 Å². The lowest BCUT2D eigenvalue weighted by Gasteiger charge is -2.42. The first kappa shape index (κ1) is 14.8. The Morgan fingerprint density at radius 1 is 1.37 bits per heavy atom. The molecule has 0 bridgehead atoms. The number of likely N-dealkylation sites (tertiary alicyclic amines) is 1. The molecule has 0 spiro atoms. The van der Waals surface area contributed by atoms with Crippen molar-refractivity contribution in [3.8, 4) is 0 Å². The highest BCUT2D eigenvalue weighted by Crippen LogP contribution is 2.29. The standard InChI is InChI=1S/C15H28N2O2/c1-11-4-5-12(19-11)6-7-14(18)17-9-8-13(16)15(2,3)10-17/h11-13H,4-10,16H2,1-3H3. The minimum atomic E-state index is 0.0340. The van der Waals surface area contributed by atoms with Crippen LogP contribution in [-0.2, 0) is 9.53 Å². The number of hydrogen-bond acceptors (Lipinski definition) is 3. The van der Waals surface area contributed by atoms with Crippen LogP contribution in [0, 0.1) is 5.41 Å². The molecule has 4 heteroatoms. The van der Waals surface area contributed by atoms with E-state index in [1.807, 2.05) is 4.90 Å². The van der Waals surface area contributed by atoms with Gasteiger partial charge in [-0.05, 0) is 38.0 Å². The lowest BCUT2D eigenvalue weighted by atomic mass is 9.79. The quantitative estimate of drug-likeness (QED) is 0.851. The molecule has 2 aliphatic heterocycles. The molecule has 2 fully saturated rings. The number of ether oxygens (including phenoxy) is 1. The van der Waals surface area contributed by atoms with Crippen LogP contribution in [-0.4, -0.2) is 42.1 Å². The molecule has 2 N–H and O–H groups in total. The fraction of sp³-hybridized carbons (Fsp3) is 0.933.